The van der Waals surface area contributed by atoms with Crippen LogP contribution in [0.4, 0.5) is 13.2 Å². The molecule has 1 heterocycles. The summed E-state index contributed by atoms with van der Waals surface area (Å²) in [6.45, 7) is 0.910. The van der Waals surface area contributed by atoms with Gasteiger partial charge < -0.3 is 5.32 Å². The number of nitrogens with zero attached hydrogens (tertiary/aromatic N) is 1. The molecule has 20 heavy (non-hydrogen) atoms. The van der Waals surface area contributed by atoms with Crippen LogP contribution < -0.4 is 5.32 Å². The second kappa shape index (κ2) is 5.95. The molecule has 1 unspecified atom stereocenters. The van der Waals surface area contributed by atoms with Crippen LogP contribution in [0.1, 0.15) is 51.9 Å². The van der Waals surface area contributed by atoms with E-state index in [-0.39, 0.29) is 11.2 Å². The van der Waals surface area contributed by atoms with Gasteiger partial charge >= 0.3 is 6.18 Å². The molecule has 1 N–H and O–H groups in total. The van der Waals surface area contributed by atoms with Gasteiger partial charge in [-0.3, -0.25) is 9.79 Å². The first-order valence-electron chi connectivity index (χ1n) is 6.98. The highest BCUT2D eigenvalue weighted by molar-refractivity contribution is 8.16. The second-order valence-corrected chi connectivity index (χ2v) is 6.93. The minimum atomic E-state index is -4.57. The lowest BCUT2D eigenvalue weighted by molar-refractivity contribution is -0.166. The third-order valence-electron chi connectivity index (χ3n) is 3.87. The number of carbonyl (C=O) groups excluding carboxylic acids is 1. The molecule has 0 bridgehead atoms. The van der Waals surface area contributed by atoms with Gasteiger partial charge in [0.05, 0.1) is 6.04 Å². The van der Waals surface area contributed by atoms with Crippen molar-refractivity contribution in [2.45, 2.75) is 68.8 Å². The summed E-state index contributed by atoms with van der Waals surface area (Å²) in [6, 6.07) is 0.0358. The van der Waals surface area contributed by atoms with Crippen LogP contribution in [0, 0.1) is 0 Å². The molecule has 2 fully saturated rings. The summed E-state index contributed by atoms with van der Waals surface area (Å²) in [5.74, 6) is -1.01. The summed E-state index contributed by atoms with van der Waals surface area (Å²) in [4.78, 5) is 15.9. The molecule has 0 aromatic carbocycles. The lowest BCUT2D eigenvalue weighted by Gasteiger charge is -2.22. The van der Waals surface area contributed by atoms with Crippen molar-refractivity contribution in [2.75, 3.05) is 0 Å². The quantitative estimate of drug-likeness (QED) is 0.803. The van der Waals surface area contributed by atoms with Crippen molar-refractivity contribution in [3.8, 4) is 0 Å². The lowest BCUT2D eigenvalue weighted by Crippen LogP contribution is -2.46. The van der Waals surface area contributed by atoms with E-state index in [1.807, 2.05) is 0 Å². The Morgan fingerprint density at radius 2 is 1.75 bits per heavy atom. The zero-order valence-electron chi connectivity index (χ0n) is 11.4. The standard InChI is InChI=1S/C13H19F3N2OS/c1-12(13(14,15)16)10(19)18-11(20-12)17-9-7-5-3-2-4-6-8-9/h9H,2-8H2,1H3,(H,17,18,19). The minimum Gasteiger partial charge on any atom is -0.304 e. The van der Waals surface area contributed by atoms with E-state index in [0.29, 0.717) is 11.8 Å². The van der Waals surface area contributed by atoms with Gasteiger partial charge in [-0.1, -0.05) is 43.9 Å². The fourth-order valence-corrected chi connectivity index (χ4v) is 3.45. The van der Waals surface area contributed by atoms with E-state index in [0.717, 1.165) is 45.4 Å². The molecule has 3 nitrogen and oxygen atoms in total. The van der Waals surface area contributed by atoms with Crippen LogP contribution >= 0.6 is 11.8 Å². The maximum absolute atomic E-state index is 12.9. The van der Waals surface area contributed by atoms with Crippen LogP contribution in [0.3, 0.4) is 0 Å². The summed E-state index contributed by atoms with van der Waals surface area (Å²) in [6.07, 6.45) is 2.85. The number of amides is 1. The summed E-state index contributed by atoms with van der Waals surface area (Å²) in [7, 11) is 0. The highest BCUT2D eigenvalue weighted by atomic mass is 32.2. The molecular weight excluding hydrogens is 289 g/mol. The Morgan fingerprint density at radius 1 is 1.20 bits per heavy atom. The van der Waals surface area contributed by atoms with E-state index in [2.05, 4.69) is 10.3 Å². The molecule has 1 aliphatic heterocycles. The van der Waals surface area contributed by atoms with Crippen LogP contribution in [0.2, 0.25) is 0 Å². The van der Waals surface area contributed by atoms with Crippen molar-refractivity contribution in [3.05, 3.63) is 0 Å². The first-order valence-corrected chi connectivity index (χ1v) is 7.79. The van der Waals surface area contributed by atoms with E-state index in [4.69, 9.17) is 0 Å². The molecule has 0 aromatic rings. The summed E-state index contributed by atoms with van der Waals surface area (Å²) in [5, 5.41) is 2.41. The first kappa shape index (κ1) is 15.7. The molecule has 0 aromatic heterocycles. The fourth-order valence-electron chi connectivity index (χ4n) is 2.46. The maximum atomic E-state index is 12.9. The van der Waals surface area contributed by atoms with Crippen molar-refractivity contribution in [1.82, 2.24) is 5.32 Å². The third kappa shape index (κ3) is 3.30. The van der Waals surface area contributed by atoms with Gasteiger partial charge in [0.25, 0.3) is 5.91 Å². The normalized spacial score (nSPS) is 32.0. The minimum absolute atomic E-state index is 0.0358. The predicted octanol–water partition coefficient (Wildman–Crippen LogP) is 3.64. The monoisotopic (exact) mass is 308 g/mol. The number of carbonyl (C=O) groups is 1. The van der Waals surface area contributed by atoms with Gasteiger partial charge in [0, 0.05) is 0 Å². The highest BCUT2D eigenvalue weighted by Gasteiger charge is 2.61. The maximum Gasteiger partial charge on any atom is 0.412 e. The average Bonchev–Trinajstić information content (AvgIpc) is 2.58. The van der Waals surface area contributed by atoms with Crippen LogP contribution in [0.25, 0.3) is 0 Å². The van der Waals surface area contributed by atoms with Gasteiger partial charge in [-0.05, 0) is 19.8 Å². The van der Waals surface area contributed by atoms with Crippen LogP contribution in [-0.2, 0) is 4.79 Å². The average molecular weight is 308 g/mol. The van der Waals surface area contributed by atoms with Gasteiger partial charge in [0.1, 0.15) is 0 Å². The fraction of sp³-hybridized carbons (Fsp3) is 0.846. The molecule has 2 aliphatic rings. The first-order chi connectivity index (χ1) is 9.33. The summed E-state index contributed by atoms with van der Waals surface area (Å²) >= 11 is 0.498. The molecule has 1 aliphatic carbocycles. The van der Waals surface area contributed by atoms with Gasteiger partial charge in [0.15, 0.2) is 9.91 Å². The van der Waals surface area contributed by atoms with Gasteiger partial charge in [-0.2, -0.15) is 13.2 Å². The number of alkyl halides is 3. The van der Waals surface area contributed by atoms with Crippen molar-refractivity contribution in [3.63, 3.8) is 0 Å². The molecule has 2 rings (SSSR count). The van der Waals surface area contributed by atoms with Gasteiger partial charge in [-0.15, -0.1) is 0 Å². The highest BCUT2D eigenvalue weighted by Crippen LogP contribution is 2.45. The molecule has 0 radical (unpaired) electrons. The molecule has 1 saturated heterocycles. The van der Waals surface area contributed by atoms with Crippen molar-refractivity contribution >= 4 is 22.8 Å². The van der Waals surface area contributed by atoms with E-state index in [1.165, 1.54) is 6.42 Å². The topological polar surface area (TPSA) is 41.5 Å². The zero-order valence-corrected chi connectivity index (χ0v) is 12.2. The number of aliphatic imine (C=N–C) groups is 1. The lowest BCUT2D eigenvalue weighted by atomic mass is 9.97. The van der Waals surface area contributed by atoms with Crippen LogP contribution in [0.5, 0.6) is 0 Å². The molecule has 1 amide bonds. The number of thioether (sulfide) groups is 1. The Balaban J connectivity index is 2.07. The molecular formula is C13H19F3N2OS. The molecule has 7 heteroatoms. The number of amidine groups is 1. The van der Waals surface area contributed by atoms with E-state index in [9.17, 15) is 18.0 Å². The Morgan fingerprint density at radius 3 is 2.25 bits per heavy atom. The van der Waals surface area contributed by atoms with Crippen LogP contribution in [0.15, 0.2) is 4.99 Å². The second-order valence-electron chi connectivity index (χ2n) is 5.52. The Labute approximate surface area is 120 Å². The van der Waals surface area contributed by atoms with E-state index < -0.39 is 16.8 Å². The van der Waals surface area contributed by atoms with E-state index >= 15 is 0 Å². The summed E-state index contributed by atoms with van der Waals surface area (Å²) in [5.41, 5.74) is 0. The van der Waals surface area contributed by atoms with Gasteiger partial charge in [-0.25, -0.2) is 0 Å². The molecule has 1 saturated carbocycles. The van der Waals surface area contributed by atoms with Crippen molar-refractivity contribution in [1.29, 1.82) is 0 Å². The smallest absolute Gasteiger partial charge is 0.304 e. The predicted molar refractivity (Wildman–Crippen MR) is 73.7 cm³/mol. The van der Waals surface area contributed by atoms with Crippen LogP contribution in [-0.4, -0.2) is 28.0 Å². The van der Waals surface area contributed by atoms with Gasteiger partial charge in [0.2, 0.25) is 0 Å². The zero-order chi connectivity index (χ0) is 14.8. The molecule has 1 atom stereocenters. The number of rotatable bonds is 1. The third-order valence-corrected chi connectivity index (χ3v) is 5.10. The number of nitrogens with one attached hydrogen (secondary N) is 1. The molecule has 114 valence electrons. The number of hydrogen-bond acceptors (Lipinski definition) is 3. The summed E-state index contributed by atoms with van der Waals surface area (Å²) < 4.78 is 36.4. The Kier molecular flexibility index (Phi) is 4.66. The van der Waals surface area contributed by atoms with E-state index in [1.54, 1.807) is 0 Å². The van der Waals surface area contributed by atoms with Crippen molar-refractivity contribution in [2.24, 2.45) is 4.99 Å². The Hall–Kier alpha value is -0.720. The number of halogens is 3. The SMILES string of the molecule is CC1(C(F)(F)F)SC(=NC2CCCCCCC2)NC1=O. The largest absolute Gasteiger partial charge is 0.412 e. The van der Waals surface area contributed by atoms with Crippen molar-refractivity contribution < 1.29 is 18.0 Å². The number of hydrogen-bond donors (Lipinski definition) is 1. The molecule has 0 spiro atoms. The Bertz CT molecular complexity index is 403.